The van der Waals surface area contributed by atoms with E-state index < -0.39 is 24.0 Å². The van der Waals surface area contributed by atoms with E-state index in [0.717, 1.165) is 43.9 Å². The highest BCUT2D eigenvalue weighted by Gasteiger charge is 2.61. The first-order valence-electron chi connectivity index (χ1n) is 15.9. The number of carbonyl (C=O) groups is 2. The molecule has 1 amide bonds. The van der Waals surface area contributed by atoms with Gasteiger partial charge in [0, 0.05) is 67.1 Å². The lowest BCUT2D eigenvalue weighted by molar-refractivity contribution is -0.182. The van der Waals surface area contributed by atoms with Crippen LogP contribution in [0.5, 0.6) is 0 Å². The zero-order valence-electron chi connectivity index (χ0n) is 26.7. The van der Waals surface area contributed by atoms with Crippen LogP contribution < -0.4 is 4.90 Å². The van der Waals surface area contributed by atoms with Crippen molar-refractivity contribution >= 4 is 18.1 Å². The molecular weight excluding hydrogens is 594 g/mol. The molecule has 3 aromatic rings. The second-order valence-electron chi connectivity index (χ2n) is 14.0. The number of rotatable bonds is 9. The number of fused-ring (bicyclic) bond motifs is 1. The zero-order valence-corrected chi connectivity index (χ0v) is 26.7. The molecule has 1 aliphatic carbocycles. The fourth-order valence-corrected chi connectivity index (χ4v) is 8.30. The van der Waals surface area contributed by atoms with E-state index in [1.165, 1.54) is 11.0 Å². The molecule has 4 heterocycles. The molecule has 4 aliphatic rings. The molecule has 244 valence electrons. The summed E-state index contributed by atoms with van der Waals surface area (Å²) in [5.41, 5.74) is 1.53. The summed E-state index contributed by atoms with van der Waals surface area (Å²) in [6.45, 7) is 8.92. The lowest BCUT2D eigenvalue weighted by Crippen LogP contribution is -2.60. The Balaban J connectivity index is 1.27. The molecule has 2 atom stereocenters. The summed E-state index contributed by atoms with van der Waals surface area (Å²) in [6.07, 6.45) is -0.901. The van der Waals surface area contributed by atoms with Gasteiger partial charge in [-0.15, -0.1) is 10.2 Å². The van der Waals surface area contributed by atoms with Gasteiger partial charge in [0.25, 0.3) is 18.8 Å². The molecule has 1 spiro atoms. The van der Waals surface area contributed by atoms with Crippen LogP contribution in [0.4, 0.5) is 14.5 Å². The van der Waals surface area contributed by atoms with Gasteiger partial charge in [-0.3, -0.25) is 19.4 Å². The molecule has 10 nitrogen and oxygen atoms in total. The lowest BCUT2D eigenvalue weighted by atomic mass is 9.49. The van der Waals surface area contributed by atoms with Crippen molar-refractivity contribution < 1.29 is 27.8 Å². The van der Waals surface area contributed by atoms with Gasteiger partial charge in [-0.1, -0.05) is 26.0 Å². The number of alkyl halides is 2. The van der Waals surface area contributed by atoms with E-state index in [-0.39, 0.29) is 34.6 Å². The van der Waals surface area contributed by atoms with E-state index in [1.54, 1.807) is 18.5 Å². The maximum atomic E-state index is 14.8. The zero-order chi connectivity index (χ0) is 32.4. The van der Waals surface area contributed by atoms with Crippen molar-refractivity contribution in [2.24, 2.45) is 18.4 Å². The Labute approximate surface area is 267 Å². The molecule has 1 aromatic heterocycles. The van der Waals surface area contributed by atoms with Gasteiger partial charge in [0.1, 0.15) is 12.2 Å². The molecule has 1 unspecified atom stereocenters. The fourth-order valence-electron chi connectivity index (χ4n) is 8.30. The predicted octanol–water partition coefficient (Wildman–Crippen LogP) is 4.45. The van der Waals surface area contributed by atoms with Gasteiger partial charge >= 0.3 is 0 Å². The van der Waals surface area contributed by atoms with E-state index in [2.05, 4.69) is 40.9 Å². The van der Waals surface area contributed by atoms with Crippen LogP contribution >= 0.6 is 0 Å². The van der Waals surface area contributed by atoms with Crippen molar-refractivity contribution in [3.8, 4) is 0 Å². The first-order chi connectivity index (χ1) is 22.1. The molecule has 12 heteroatoms. The Hall–Kier alpha value is -3.74. The summed E-state index contributed by atoms with van der Waals surface area (Å²) in [4.78, 5) is 31.9. The van der Waals surface area contributed by atoms with Gasteiger partial charge in [0.15, 0.2) is 0 Å². The first kappa shape index (κ1) is 30.9. The van der Waals surface area contributed by atoms with Gasteiger partial charge in [-0.2, -0.15) is 0 Å². The summed E-state index contributed by atoms with van der Waals surface area (Å²) in [7, 11) is 4.00. The number of likely N-dealkylation sites (N-methyl/N-ethyl adjacent to an activating group) is 1. The van der Waals surface area contributed by atoms with Crippen molar-refractivity contribution in [1.29, 1.82) is 0 Å². The van der Waals surface area contributed by atoms with Crippen LogP contribution in [0.3, 0.4) is 0 Å². The highest BCUT2D eigenvalue weighted by Crippen LogP contribution is 2.62. The van der Waals surface area contributed by atoms with E-state index in [0.29, 0.717) is 36.9 Å². The summed E-state index contributed by atoms with van der Waals surface area (Å²) in [6, 6.07) is 10.9. The number of hydrogen-bond donors (Lipinski definition) is 0. The Morgan fingerprint density at radius 1 is 1.13 bits per heavy atom. The van der Waals surface area contributed by atoms with Crippen LogP contribution in [0.15, 0.2) is 42.7 Å². The van der Waals surface area contributed by atoms with Crippen LogP contribution in [0, 0.1) is 11.3 Å². The number of ether oxygens (including phenoxy) is 2. The Bertz CT molecular complexity index is 1650. The molecule has 46 heavy (non-hydrogen) atoms. The second-order valence-corrected chi connectivity index (χ2v) is 14.0. The van der Waals surface area contributed by atoms with Gasteiger partial charge < -0.3 is 18.9 Å². The minimum absolute atomic E-state index is 0.0391. The number of aryl methyl sites for hydroxylation is 1. The molecule has 0 radical (unpaired) electrons. The molecule has 3 fully saturated rings. The van der Waals surface area contributed by atoms with Crippen molar-refractivity contribution in [2.75, 3.05) is 44.8 Å². The minimum Gasteiger partial charge on any atom is -0.439 e. The van der Waals surface area contributed by atoms with Crippen LogP contribution in [-0.2, 0) is 33.3 Å². The van der Waals surface area contributed by atoms with E-state index >= 15 is 0 Å². The third-order valence-electron chi connectivity index (χ3n) is 10.5. The Morgan fingerprint density at radius 2 is 1.91 bits per heavy atom. The van der Waals surface area contributed by atoms with Gasteiger partial charge in [-0.25, -0.2) is 8.78 Å². The number of piperazine rings is 1. The number of anilines is 1. The van der Waals surface area contributed by atoms with Crippen LogP contribution in [0.25, 0.3) is 0 Å². The van der Waals surface area contributed by atoms with Crippen molar-refractivity contribution in [1.82, 2.24) is 24.6 Å². The maximum absolute atomic E-state index is 14.8. The van der Waals surface area contributed by atoms with E-state index in [1.807, 2.05) is 29.8 Å². The minimum atomic E-state index is -2.87. The fraction of sp³-hybridized carbons (Fsp3) is 0.529. The maximum Gasteiger partial charge on any atom is 0.295 e. The first-order valence-corrected chi connectivity index (χ1v) is 15.9. The van der Waals surface area contributed by atoms with Gasteiger partial charge in [0.2, 0.25) is 6.23 Å². The number of amides is 1. The third-order valence-corrected chi connectivity index (χ3v) is 10.5. The lowest BCUT2D eigenvalue weighted by Gasteiger charge is -2.59. The molecule has 1 saturated carbocycles. The Kier molecular flexibility index (Phi) is 7.72. The SMILES string of the molecule is CC(C)[C@H]1CN(C)CCN1Cc1cc2c(c(C(F)F)c1)C(OC=O)N(c1cccc(C3(c4nncn4C)CC4(COC4)C3)c1)C2=O. The molecule has 0 bridgehead atoms. The van der Waals surface area contributed by atoms with Crippen LogP contribution in [0.1, 0.15) is 77.8 Å². The highest BCUT2D eigenvalue weighted by molar-refractivity contribution is 6.11. The van der Waals surface area contributed by atoms with Crippen molar-refractivity contribution in [3.05, 3.63) is 76.4 Å². The summed E-state index contributed by atoms with van der Waals surface area (Å²) in [5, 5.41) is 8.61. The second kappa shape index (κ2) is 11.5. The highest BCUT2D eigenvalue weighted by atomic mass is 19.3. The van der Waals surface area contributed by atoms with Gasteiger partial charge in [-0.05, 0) is 61.2 Å². The average Bonchev–Trinajstić information content (AvgIpc) is 3.53. The van der Waals surface area contributed by atoms with Crippen LogP contribution in [-0.4, -0.2) is 82.9 Å². The number of nitrogens with zero attached hydrogens (tertiary/aromatic N) is 6. The third kappa shape index (κ3) is 4.92. The number of aromatic nitrogens is 3. The molecule has 0 N–H and O–H groups in total. The Morgan fingerprint density at radius 3 is 2.54 bits per heavy atom. The normalized spacial score (nSPS) is 23.9. The smallest absolute Gasteiger partial charge is 0.295 e. The van der Waals surface area contributed by atoms with Gasteiger partial charge in [0.05, 0.1) is 18.6 Å². The molecule has 2 saturated heterocycles. The van der Waals surface area contributed by atoms with Crippen molar-refractivity contribution in [2.45, 2.75) is 57.3 Å². The quantitative estimate of drug-likeness (QED) is 0.319. The number of benzene rings is 2. The number of carbonyl (C=O) groups excluding carboxylic acids is 2. The summed E-state index contributed by atoms with van der Waals surface area (Å²) < 4.78 is 42.5. The summed E-state index contributed by atoms with van der Waals surface area (Å²) in [5.74, 6) is 0.701. The average molecular weight is 635 g/mol. The van der Waals surface area contributed by atoms with E-state index in [9.17, 15) is 18.4 Å². The van der Waals surface area contributed by atoms with Crippen LogP contribution in [0.2, 0.25) is 0 Å². The van der Waals surface area contributed by atoms with E-state index in [4.69, 9.17) is 9.47 Å². The molecule has 7 rings (SSSR count). The molecular formula is C34H40F2N6O4. The number of hydrogen-bond acceptors (Lipinski definition) is 8. The molecule has 3 aliphatic heterocycles. The number of halogens is 2. The standard InChI is InChI=1S/C34H40F2N6O4/c1-21(2)27-14-39(3)8-9-41(27)13-22-10-25(29(35)36)28-26(11-22)30(44)42(31(28)46-20-43)24-7-5-6-23(12-24)34(32-38-37-19-40(32)4)15-33(16-34)17-45-18-33/h5-7,10-12,19-21,27,29,31H,8-9,13-18H2,1-4H3/t27-,31?/m1/s1. The largest absolute Gasteiger partial charge is 0.439 e. The topological polar surface area (TPSA) is 93.0 Å². The predicted molar refractivity (Wildman–Crippen MR) is 165 cm³/mol. The van der Waals surface area contributed by atoms with Crippen molar-refractivity contribution in [3.63, 3.8) is 0 Å². The summed E-state index contributed by atoms with van der Waals surface area (Å²) >= 11 is 0. The molecule has 2 aromatic carbocycles. The monoisotopic (exact) mass is 634 g/mol.